The number of nitrogens with zero attached hydrogens (tertiary/aromatic N) is 1. The van der Waals surface area contributed by atoms with Gasteiger partial charge in [-0.2, -0.15) is 0 Å². The molecule has 0 radical (unpaired) electrons. The number of nitrogens with one attached hydrogen (secondary N) is 1. The molecule has 2 rings (SSSR count). The molecule has 2 aromatic rings. The van der Waals surface area contributed by atoms with E-state index >= 15 is 0 Å². The van der Waals surface area contributed by atoms with E-state index in [1.165, 1.54) is 0 Å². The average Bonchev–Trinajstić information content (AvgIpc) is 2.43. The van der Waals surface area contributed by atoms with Crippen molar-refractivity contribution >= 4 is 11.6 Å². The summed E-state index contributed by atoms with van der Waals surface area (Å²) in [6.07, 6.45) is 0. The fourth-order valence-corrected chi connectivity index (χ4v) is 2.36. The highest BCUT2D eigenvalue weighted by molar-refractivity contribution is 6.05. The van der Waals surface area contributed by atoms with Crippen LogP contribution in [0.2, 0.25) is 0 Å². The maximum atomic E-state index is 12.4. The van der Waals surface area contributed by atoms with E-state index < -0.39 is 0 Å². The van der Waals surface area contributed by atoms with Crippen LogP contribution in [-0.2, 0) is 0 Å². The molecule has 0 saturated heterocycles. The van der Waals surface area contributed by atoms with Crippen LogP contribution in [0, 0.1) is 27.7 Å². The van der Waals surface area contributed by atoms with Crippen molar-refractivity contribution in [3.63, 3.8) is 0 Å². The molecule has 1 heterocycles. The lowest BCUT2D eigenvalue weighted by Gasteiger charge is -2.13. The number of pyridine rings is 1. The monoisotopic (exact) mass is 284 g/mol. The zero-order valence-corrected chi connectivity index (χ0v) is 13.1. The van der Waals surface area contributed by atoms with E-state index in [4.69, 9.17) is 4.74 Å². The number of aromatic nitrogens is 1. The molecule has 0 atom stereocenters. The summed E-state index contributed by atoms with van der Waals surface area (Å²) in [5.74, 6) is 0.545. The van der Waals surface area contributed by atoms with E-state index in [1.807, 2.05) is 39.8 Å². The lowest BCUT2D eigenvalue weighted by Crippen LogP contribution is -2.14. The second-order valence-electron chi connectivity index (χ2n) is 5.18. The van der Waals surface area contributed by atoms with Crippen molar-refractivity contribution in [1.82, 2.24) is 4.98 Å². The third kappa shape index (κ3) is 3.21. The number of aryl methyl sites for hydroxylation is 4. The third-order valence-corrected chi connectivity index (χ3v) is 3.43. The fraction of sp³-hybridized carbons (Fsp3) is 0.294. The number of ether oxygens (including phenoxy) is 1. The van der Waals surface area contributed by atoms with Crippen LogP contribution in [0.15, 0.2) is 24.3 Å². The Morgan fingerprint density at radius 2 is 1.81 bits per heavy atom. The SMILES string of the molecule is COc1cc(C(=O)Nc2c(C)cc(C)nc2C)ccc1C. The van der Waals surface area contributed by atoms with Crippen molar-refractivity contribution in [3.05, 3.63) is 52.3 Å². The smallest absolute Gasteiger partial charge is 0.255 e. The third-order valence-electron chi connectivity index (χ3n) is 3.43. The van der Waals surface area contributed by atoms with Crippen LogP contribution in [0.3, 0.4) is 0 Å². The van der Waals surface area contributed by atoms with Crippen LogP contribution in [0.1, 0.15) is 32.9 Å². The van der Waals surface area contributed by atoms with Gasteiger partial charge in [-0.1, -0.05) is 6.07 Å². The molecule has 0 saturated carbocycles. The molecule has 4 heteroatoms. The van der Waals surface area contributed by atoms with Gasteiger partial charge in [0.25, 0.3) is 5.91 Å². The van der Waals surface area contributed by atoms with Crippen molar-refractivity contribution in [2.45, 2.75) is 27.7 Å². The highest BCUT2D eigenvalue weighted by Gasteiger charge is 2.12. The van der Waals surface area contributed by atoms with E-state index in [0.29, 0.717) is 11.3 Å². The number of hydrogen-bond donors (Lipinski definition) is 1. The standard InChI is InChI=1S/C17H20N2O2/c1-10-6-7-14(9-15(10)21-5)17(20)19-16-11(2)8-12(3)18-13(16)4/h6-9H,1-5H3,(H,19,20). The highest BCUT2D eigenvalue weighted by atomic mass is 16.5. The van der Waals surface area contributed by atoms with Crippen LogP contribution in [0.5, 0.6) is 5.75 Å². The van der Waals surface area contributed by atoms with E-state index in [1.54, 1.807) is 19.2 Å². The Hall–Kier alpha value is -2.36. The molecule has 4 nitrogen and oxygen atoms in total. The van der Waals surface area contributed by atoms with E-state index in [9.17, 15) is 4.79 Å². The zero-order chi connectivity index (χ0) is 15.6. The van der Waals surface area contributed by atoms with Gasteiger partial charge in [-0.15, -0.1) is 0 Å². The fourth-order valence-electron chi connectivity index (χ4n) is 2.36. The minimum absolute atomic E-state index is 0.162. The number of carbonyl (C=O) groups excluding carboxylic acids is 1. The predicted molar refractivity (Wildman–Crippen MR) is 84.1 cm³/mol. The van der Waals surface area contributed by atoms with E-state index in [0.717, 1.165) is 28.2 Å². The molecule has 0 unspecified atom stereocenters. The van der Waals surface area contributed by atoms with Crippen LogP contribution in [-0.4, -0.2) is 18.0 Å². The van der Waals surface area contributed by atoms with Gasteiger partial charge in [0, 0.05) is 11.3 Å². The van der Waals surface area contributed by atoms with Gasteiger partial charge in [0.1, 0.15) is 5.75 Å². The van der Waals surface area contributed by atoms with Crippen LogP contribution < -0.4 is 10.1 Å². The summed E-state index contributed by atoms with van der Waals surface area (Å²) < 4.78 is 5.26. The summed E-state index contributed by atoms with van der Waals surface area (Å²) >= 11 is 0. The molecule has 1 aromatic heterocycles. The molecular formula is C17H20N2O2. The van der Waals surface area contributed by atoms with Gasteiger partial charge in [0.15, 0.2) is 0 Å². The average molecular weight is 284 g/mol. The van der Waals surface area contributed by atoms with Gasteiger partial charge < -0.3 is 10.1 Å². The molecule has 0 aliphatic heterocycles. The maximum Gasteiger partial charge on any atom is 0.255 e. The molecular weight excluding hydrogens is 264 g/mol. The van der Waals surface area contributed by atoms with Crippen LogP contribution in [0.4, 0.5) is 5.69 Å². The molecule has 0 spiro atoms. The molecule has 1 amide bonds. The summed E-state index contributed by atoms with van der Waals surface area (Å²) in [6, 6.07) is 7.37. The Labute approximate surface area is 125 Å². The Kier molecular flexibility index (Phi) is 4.26. The number of carbonyl (C=O) groups is 1. The molecule has 1 aromatic carbocycles. The first-order valence-electron chi connectivity index (χ1n) is 6.83. The lowest BCUT2D eigenvalue weighted by atomic mass is 10.1. The summed E-state index contributed by atoms with van der Waals surface area (Å²) in [4.78, 5) is 16.8. The zero-order valence-electron chi connectivity index (χ0n) is 13.1. The topological polar surface area (TPSA) is 51.2 Å². The van der Waals surface area contributed by atoms with Gasteiger partial charge in [0.2, 0.25) is 0 Å². The van der Waals surface area contributed by atoms with Crippen LogP contribution >= 0.6 is 0 Å². The van der Waals surface area contributed by atoms with Gasteiger partial charge >= 0.3 is 0 Å². The molecule has 110 valence electrons. The minimum atomic E-state index is -0.162. The second kappa shape index (κ2) is 5.95. The summed E-state index contributed by atoms with van der Waals surface area (Å²) in [5.41, 5.74) is 5.10. The Balaban J connectivity index is 2.30. The van der Waals surface area contributed by atoms with Crippen molar-refractivity contribution in [1.29, 1.82) is 0 Å². The van der Waals surface area contributed by atoms with Gasteiger partial charge in [-0.25, -0.2) is 0 Å². The number of amides is 1. The maximum absolute atomic E-state index is 12.4. The molecule has 21 heavy (non-hydrogen) atoms. The molecule has 0 bridgehead atoms. The number of benzene rings is 1. The lowest BCUT2D eigenvalue weighted by molar-refractivity contribution is 0.102. The molecule has 0 aliphatic rings. The minimum Gasteiger partial charge on any atom is -0.496 e. The van der Waals surface area contributed by atoms with Gasteiger partial charge in [-0.3, -0.25) is 9.78 Å². The Morgan fingerprint density at radius 1 is 1.10 bits per heavy atom. The first-order chi connectivity index (χ1) is 9.92. The van der Waals surface area contributed by atoms with Crippen molar-refractivity contribution < 1.29 is 9.53 Å². The normalized spacial score (nSPS) is 10.3. The largest absolute Gasteiger partial charge is 0.496 e. The van der Waals surface area contributed by atoms with Crippen molar-refractivity contribution in [2.75, 3.05) is 12.4 Å². The predicted octanol–water partition coefficient (Wildman–Crippen LogP) is 3.58. The van der Waals surface area contributed by atoms with Gasteiger partial charge in [0.05, 0.1) is 18.5 Å². The van der Waals surface area contributed by atoms with Crippen molar-refractivity contribution in [3.8, 4) is 5.75 Å². The van der Waals surface area contributed by atoms with Gasteiger partial charge in [-0.05, 0) is 57.0 Å². The Morgan fingerprint density at radius 3 is 2.43 bits per heavy atom. The number of anilines is 1. The number of rotatable bonds is 3. The molecule has 0 fully saturated rings. The highest BCUT2D eigenvalue weighted by Crippen LogP contribution is 2.22. The summed E-state index contributed by atoms with van der Waals surface area (Å²) in [6.45, 7) is 7.74. The second-order valence-corrected chi connectivity index (χ2v) is 5.18. The molecule has 1 N–H and O–H groups in total. The van der Waals surface area contributed by atoms with E-state index in [-0.39, 0.29) is 5.91 Å². The Bertz CT molecular complexity index is 670. The summed E-state index contributed by atoms with van der Waals surface area (Å²) in [7, 11) is 1.60. The quantitative estimate of drug-likeness (QED) is 0.937. The number of hydrogen-bond acceptors (Lipinski definition) is 3. The van der Waals surface area contributed by atoms with Crippen LogP contribution in [0.25, 0.3) is 0 Å². The summed E-state index contributed by atoms with van der Waals surface area (Å²) in [5, 5.41) is 2.94. The molecule has 0 aliphatic carbocycles. The first kappa shape index (κ1) is 15.0. The van der Waals surface area contributed by atoms with Crippen molar-refractivity contribution in [2.24, 2.45) is 0 Å². The van der Waals surface area contributed by atoms with E-state index in [2.05, 4.69) is 10.3 Å². The number of methoxy groups -OCH3 is 1. The first-order valence-corrected chi connectivity index (χ1v) is 6.83.